The van der Waals surface area contributed by atoms with E-state index in [0.717, 1.165) is 0 Å². The summed E-state index contributed by atoms with van der Waals surface area (Å²) in [4.78, 5) is 11.7. The van der Waals surface area contributed by atoms with Gasteiger partial charge in [-0.05, 0) is 39.8 Å². The highest BCUT2D eigenvalue weighted by atomic mass is 32.2. The zero-order valence-corrected chi connectivity index (χ0v) is 12.7. The second-order valence-electron chi connectivity index (χ2n) is 5.24. The van der Waals surface area contributed by atoms with Gasteiger partial charge in [0.1, 0.15) is 5.69 Å². The molecule has 0 bridgehead atoms. The molecule has 0 radical (unpaired) electrons. The highest BCUT2D eigenvalue weighted by Gasteiger charge is 2.28. The quantitative estimate of drug-likeness (QED) is 0.776. The fraction of sp³-hybridized carbons (Fsp3) is 0.615. The lowest BCUT2D eigenvalue weighted by atomic mass is 10.3. The van der Waals surface area contributed by atoms with Crippen molar-refractivity contribution in [2.45, 2.75) is 39.0 Å². The molecule has 1 aromatic rings. The Morgan fingerprint density at radius 2 is 2.00 bits per heavy atom. The van der Waals surface area contributed by atoms with Crippen LogP contribution >= 0.6 is 0 Å². The summed E-state index contributed by atoms with van der Waals surface area (Å²) in [6.07, 6.45) is 1.68. The first-order valence-corrected chi connectivity index (χ1v) is 7.89. The van der Waals surface area contributed by atoms with Crippen LogP contribution in [0.2, 0.25) is 0 Å². The van der Waals surface area contributed by atoms with Gasteiger partial charge in [0, 0.05) is 12.7 Å². The number of rotatable bonds is 5. The van der Waals surface area contributed by atoms with Gasteiger partial charge in [0.15, 0.2) is 9.84 Å². The Morgan fingerprint density at radius 1 is 1.37 bits per heavy atom. The number of ether oxygens (including phenoxy) is 1. The minimum Gasteiger partial charge on any atom is -0.461 e. The summed E-state index contributed by atoms with van der Waals surface area (Å²) in [6.45, 7) is 7.29. The summed E-state index contributed by atoms with van der Waals surface area (Å²) in [7, 11) is -3.20. The first kappa shape index (κ1) is 15.8. The van der Waals surface area contributed by atoms with Gasteiger partial charge in [0.05, 0.1) is 17.1 Å². The monoisotopic (exact) mass is 287 g/mol. The molecule has 0 atom stereocenters. The topological polar surface area (TPSA) is 65.4 Å². The standard InChI is InChI=1S/C13H21NO4S/c1-5-18-12(15)11-7-6-8-14(11)9-10-19(16,17)13(2,3)4/h6-8H,5,9-10H2,1-4H3. The smallest absolute Gasteiger partial charge is 0.354 e. The fourth-order valence-electron chi connectivity index (χ4n) is 1.52. The van der Waals surface area contributed by atoms with Crippen LogP contribution in [0.25, 0.3) is 0 Å². The normalized spacial score (nSPS) is 12.4. The summed E-state index contributed by atoms with van der Waals surface area (Å²) < 4.78 is 29.8. The van der Waals surface area contributed by atoms with Crippen LogP contribution in [0.3, 0.4) is 0 Å². The van der Waals surface area contributed by atoms with Crippen LogP contribution in [0.5, 0.6) is 0 Å². The molecule has 0 saturated heterocycles. The lowest BCUT2D eigenvalue weighted by molar-refractivity contribution is 0.0514. The van der Waals surface area contributed by atoms with E-state index in [1.165, 1.54) is 0 Å². The van der Waals surface area contributed by atoms with E-state index in [0.29, 0.717) is 12.3 Å². The van der Waals surface area contributed by atoms with Crippen molar-refractivity contribution in [2.24, 2.45) is 0 Å². The molecule has 0 N–H and O–H groups in total. The molecule has 0 saturated carbocycles. The average molecular weight is 287 g/mol. The number of aromatic nitrogens is 1. The molecular weight excluding hydrogens is 266 g/mol. The Bertz CT molecular complexity index is 537. The average Bonchev–Trinajstić information content (AvgIpc) is 2.73. The van der Waals surface area contributed by atoms with E-state index in [9.17, 15) is 13.2 Å². The minimum atomic E-state index is -3.20. The van der Waals surface area contributed by atoms with Gasteiger partial charge in [-0.25, -0.2) is 13.2 Å². The molecular formula is C13H21NO4S. The molecule has 0 aromatic carbocycles. The van der Waals surface area contributed by atoms with Crippen LogP contribution in [-0.4, -0.2) is 36.1 Å². The maximum absolute atomic E-state index is 12.0. The molecule has 0 fully saturated rings. The SMILES string of the molecule is CCOC(=O)c1cccn1CCS(=O)(=O)C(C)(C)C. The molecule has 1 aromatic heterocycles. The van der Waals surface area contributed by atoms with Crippen LogP contribution in [0.15, 0.2) is 18.3 Å². The van der Waals surface area contributed by atoms with Gasteiger partial charge in [-0.15, -0.1) is 0 Å². The van der Waals surface area contributed by atoms with Gasteiger partial charge in [0.2, 0.25) is 0 Å². The van der Waals surface area contributed by atoms with Crippen molar-refractivity contribution in [3.05, 3.63) is 24.0 Å². The number of nitrogens with zero attached hydrogens (tertiary/aromatic N) is 1. The highest BCUT2D eigenvalue weighted by molar-refractivity contribution is 7.92. The first-order valence-electron chi connectivity index (χ1n) is 6.23. The lowest BCUT2D eigenvalue weighted by Gasteiger charge is -2.19. The molecule has 0 aliphatic carbocycles. The van der Waals surface area contributed by atoms with Crippen molar-refractivity contribution >= 4 is 15.8 Å². The van der Waals surface area contributed by atoms with E-state index >= 15 is 0 Å². The highest BCUT2D eigenvalue weighted by Crippen LogP contribution is 2.17. The van der Waals surface area contributed by atoms with Gasteiger partial charge >= 0.3 is 5.97 Å². The molecule has 5 nitrogen and oxygen atoms in total. The molecule has 0 unspecified atom stereocenters. The van der Waals surface area contributed by atoms with Crippen LogP contribution in [0.1, 0.15) is 38.2 Å². The second kappa shape index (κ2) is 5.77. The fourth-order valence-corrected chi connectivity index (χ4v) is 2.57. The van der Waals surface area contributed by atoms with Crippen molar-refractivity contribution in [1.29, 1.82) is 0 Å². The predicted molar refractivity (Wildman–Crippen MR) is 73.9 cm³/mol. The van der Waals surface area contributed by atoms with E-state index in [4.69, 9.17) is 4.74 Å². The van der Waals surface area contributed by atoms with Crippen LogP contribution in [0, 0.1) is 0 Å². The molecule has 0 amide bonds. The number of hydrogen-bond acceptors (Lipinski definition) is 4. The third-order valence-corrected chi connectivity index (χ3v) is 5.43. The van der Waals surface area contributed by atoms with E-state index in [1.807, 2.05) is 0 Å². The third-order valence-electron chi connectivity index (χ3n) is 2.85. The maximum atomic E-state index is 12.0. The van der Waals surface area contributed by atoms with Crippen LogP contribution in [-0.2, 0) is 21.1 Å². The number of sulfone groups is 1. The van der Waals surface area contributed by atoms with Gasteiger partial charge in [-0.3, -0.25) is 0 Å². The zero-order valence-electron chi connectivity index (χ0n) is 11.8. The Hall–Kier alpha value is -1.30. The number of carbonyl (C=O) groups excluding carboxylic acids is 1. The third kappa shape index (κ3) is 3.83. The number of esters is 1. The molecule has 1 heterocycles. The Balaban J connectivity index is 2.81. The number of aryl methyl sites for hydroxylation is 1. The maximum Gasteiger partial charge on any atom is 0.354 e. The van der Waals surface area contributed by atoms with Gasteiger partial charge in [-0.1, -0.05) is 0 Å². The van der Waals surface area contributed by atoms with Crippen LogP contribution in [0.4, 0.5) is 0 Å². The summed E-state index contributed by atoms with van der Waals surface area (Å²) in [5.74, 6) is -0.432. The summed E-state index contributed by atoms with van der Waals surface area (Å²) in [6, 6.07) is 3.33. The summed E-state index contributed by atoms with van der Waals surface area (Å²) in [5.41, 5.74) is 0.381. The molecule has 19 heavy (non-hydrogen) atoms. The minimum absolute atomic E-state index is 0.00240. The van der Waals surface area contributed by atoms with Gasteiger partial charge in [-0.2, -0.15) is 0 Å². The Kier molecular flexibility index (Phi) is 4.79. The van der Waals surface area contributed by atoms with Crippen molar-refractivity contribution in [2.75, 3.05) is 12.4 Å². The van der Waals surface area contributed by atoms with Crippen molar-refractivity contribution in [1.82, 2.24) is 4.57 Å². The summed E-state index contributed by atoms with van der Waals surface area (Å²) in [5, 5.41) is 0. The summed E-state index contributed by atoms with van der Waals surface area (Å²) >= 11 is 0. The molecule has 108 valence electrons. The Morgan fingerprint density at radius 3 is 2.53 bits per heavy atom. The predicted octanol–water partition coefficient (Wildman–Crippen LogP) is 1.88. The van der Waals surface area contributed by atoms with E-state index in [2.05, 4.69) is 0 Å². The molecule has 0 aliphatic rings. The van der Waals surface area contributed by atoms with E-state index in [1.54, 1.807) is 50.6 Å². The largest absolute Gasteiger partial charge is 0.461 e. The van der Waals surface area contributed by atoms with Gasteiger partial charge < -0.3 is 9.30 Å². The second-order valence-corrected chi connectivity index (χ2v) is 8.10. The van der Waals surface area contributed by atoms with Crippen molar-refractivity contribution in [3.63, 3.8) is 0 Å². The van der Waals surface area contributed by atoms with Crippen LogP contribution < -0.4 is 0 Å². The first-order chi connectivity index (χ1) is 8.69. The zero-order chi connectivity index (χ0) is 14.7. The Labute approximate surface area is 114 Å². The van der Waals surface area contributed by atoms with Crippen molar-refractivity contribution in [3.8, 4) is 0 Å². The van der Waals surface area contributed by atoms with Crippen molar-refractivity contribution < 1.29 is 17.9 Å². The lowest BCUT2D eigenvalue weighted by Crippen LogP contribution is -2.32. The number of hydrogen-bond donors (Lipinski definition) is 0. The molecule has 1 rings (SSSR count). The van der Waals surface area contributed by atoms with E-state index < -0.39 is 20.6 Å². The van der Waals surface area contributed by atoms with Gasteiger partial charge in [0.25, 0.3) is 0 Å². The van der Waals surface area contributed by atoms with E-state index in [-0.39, 0.29) is 12.3 Å². The molecule has 0 spiro atoms. The molecule has 0 aliphatic heterocycles. The molecule has 6 heteroatoms. The number of carbonyl (C=O) groups is 1.